The summed E-state index contributed by atoms with van der Waals surface area (Å²) in [6.07, 6.45) is 2.22. The van der Waals surface area contributed by atoms with Gasteiger partial charge in [0.05, 0.1) is 0 Å². The second-order valence-corrected chi connectivity index (χ2v) is 4.88. The highest BCUT2D eigenvalue weighted by molar-refractivity contribution is 5.24. The molecule has 0 unspecified atom stereocenters. The molecule has 0 atom stereocenters. The molecular weight excluding hydrogens is 204 g/mol. The number of rotatable bonds is 3. The average molecular weight is 224 g/mol. The van der Waals surface area contributed by atoms with Crippen molar-refractivity contribution in [1.82, 2.24) is 14.8 Å². The van der Waals surface area contributed by atoms with Crippen molar-refractivity contribution in [1.29, 1.82) is 0 Å². The largest absolute Gasteiger partial charge is 0.381 e. The molecule has 2 heterocycles. The third kappa shape index (κ3) is 2.52. The predicted molar refractivity (Wildman–Crippen MR) is 62.4 cm³/mol. The monoisotopic (exact) mass is 224 g/mol. The van der Waals surface area contributed by atoms with Gasteiger partial charge < -0.3 is 10.1 Å². The van der Waals surface area contributed by atoms with Crippen LogP contribution in [0.3, 0.4) is 0 Å². The first kappa shape index (κ1) is 11.4. The van der Waals surface area contributed by atoms with Gasteiger partial charge in [-0.3, -0.25) is 0 Å². The molecule has 1 N–H and O–H groups in total. The van der Waals surface area contributed by atoms with Crippen molar-refractivity contribution in [2.75, 3.05) is 25.1 Å². The van der Waals surface area contributed by atoms with Crippen molar-refractivity contribution >= 4 is 5.95 Å². The maximum atomic E-state index is 5.38. The molecule has 0 saturated carbocycles. The zero-order valence-electron chi connectivity index (χ0n) is 10.3. The summed E-state index contributed by atoms with van der Waals surface area (Å²) in [5.41, 5.74) is 0.318. The summed E-state index contributed by atoms with van der Waals surface area (Å²) in [4.78, 5) is 4.34. The zero-order chi connectivity index (χ0) is 11.6. The minimum atomic E-state index is 0.318. The molecule has 1 saturated heterocycles. The van der Waals surface area contributed by atoms with Gasteiger partial charge in [0.25, 0.3) is 0 Å². The van der Waals surface area contributed by atoms with Crippen LogP contribution in [0, 0.1) is 12.3 Å². The second kappa shape index (κ2) is 4.41. The minimum Gasteiger partial charge on any atom is -0.381 e. The fraction of sp³-hybridized carbons (Fsp3) is 0.818. The van der Waals surface area contributed by atoms with E-state index in [-0.39, 0.29) is 0 Å². The Labute approximate surface area is 96.2 Å². The molecule has 2 rings (SSSR count). The number of nitrogens with zero attached hydrogens (tertiary/aromatic N) is 3. The number of anilines is 1. The standard InChI is InChI=1S/C11H20N4O/c1-9-13-10(15(3)14-9)12-8-11(2)4-6-16-7-5-11/h4-8H2,1-3H3,(H,12,13,14). The Balaban J connectivity index is 1.93. The van der Waals surface area contributed by atoms with Crippen LogP contribution >= 0.6 is 0 Å². The molecule has 0 aliphatic carbocycles. The molecule has 1 aliphatic heterocycles. The number of ether oxygens (including phenoxy) is 1. The molecule has 5 heteroatoms. The Morgan fingerprint density at radius 3 is 2.69 bits per heavy atom. The average Bonchev–Trinajstić information content (AvgIpc) is 2.56. The molecule has 1 fully saturated rings. The van der Waals surface area contributed by atoms with E-state index >= 15 is 0 Å². The first-order valence-electron chi connectivity index (χ1n) is 5.78. The number of hydrogen-bond acceptors (Lipinski definition) is 4. The van der Waals surface area contributed by atoms with Gasteiger partial charge in [-0.2, -0.15) is 10.1 Å². The SMILES string of the molecule is Cc1nc(NCC2(C)CCOCC2)n(C)n1. The third-order valence-corrected chi connectivity index (χ3v) is 3.24. The van der Waals surface area contributed by atoms with Crippen LogP contribution in [-0.4, -0.2) is 34.5 Å². The first-order chi connectivity index (χ1) is 7.59. The van der Waals surface area contributed by atoms with Crippen molar-refractivity contribution in [3.05, 3.63) is 5.82 Å². The highest BCUT2D eigenvalue weighted by atomic mass is 16.5. The topological polar surface area (TPSA) is 52.0 Å². The van der Waals surface area contributed by atoms with Gasteiger partial charge in [-0.05, 0) is 25.2 Å². The Bertz CT molecular complexity index is 355. The van der Waals surface area contributed by atoms with Crippen LogP contribution < -0.4 is 5.32 Å². The maximum Gasteiger partial charge on any atom is 0.221 e. The maximum absolute atomic E-state index is 5.38. The van der Waals surface area contributed by atoms with Gasteiger partial charge in [-0.25, -0.2) is 4.68 Å². The summed E-state index contributed by atoms with van der Waals surface area (Å²) in [6.45, 7) is 6.88. The Morgan fingerprint density at radius 1 is 1.44 bits per heavy atom. The third-order valence-electron chi connectivity index (χ3n) is 3.24. The van der Waals surface area contributed by atoms with E-state index < -0.39 is 0 Å². The molecule has 90 valence electrons. The van der Waals surface area contributed by atoms with Gasteiger partial charge in [-0.1, -0.05) is 6.92 Å². The van der Waals surface area contributed by atoms with Crippen LogP contribution in [-0.2, 0) is 11.8 Å². The van der Waals surface area contributed by atoms with Gasteiger partial charge in [0, 0.05) is 26.8 Å². The number of nitrogens with one attached hydrogen (secondary N) is 1. The van der Waals surface area contributed by atoms with E-state index in [4.69, 9.17) is 4.74 Å². The molecule has 1 aliphatic rings. The van der Waals surface area contributed by atoms with Crippen molar-refractivity contribution in [2.45, 2.75) is 26.7 Å². The normalized spacial score (nSPS) is 19.7. The van der Waals surface area contributed by atoms with Gasteiger partial charge >= 0.3 is 0 Å². The molecule has 0 aromatic carbocycles. The lowest BCUT2D eigenvalue weighted by Gasteiger charge is -2.33. The Kier molecular flexibility index (Phi) is 3.14. The lowest BCUT2D eigenvalue weighted by molar-refractivity contribution is 0.0299. The van der Waals surface area contributed by atoms with Gasteiger partial charge in [0.15, 0.2) is 0 Å². The van der Waals surface area contributed by atoms with Crippen LogP contribution in [0.25, 0.3) is 0 Å². The highest BCUT2D eigenvalue weighted by Crippen LogP contribution is 2.29. The van der Waals surface area contributed by atoms with E-state index in [1.807, 2.05) is 14.0 Å². The van der Waals surface area contributed by atoms with Gasteiger partial charge in [-0.15, -0.1) is 0 Å². The van der Waals surface area contributed by atoms with Crippen LogP contribution in [0.2, 0.25) is 0 Å². The molecule has 0 radical (unpaired) electrons. The lowest BCUT2D eigenvalue weighted by Crippen LogP contribution is -2.33. The number of hydrogen-bond donors (Lipinski definition) is 1. The summed E-state index contributed by atoms with van der Waals surface area (Å²) < 4.78 is 7.17. The van der Waals surface area contributed by atoms with E-state index in [0.717, 1.165) is 44.4 Å². The van der Waals surface area contributed by atoms with E-state index in [1.54, 1.807) is 4.68 Å². The van der Waals surface area contributed by atoms with Crippen LogP contribution in [0.4, 0.5) is 5.95 Å². The van der Waals surface area contributed by atoms with Gasteiger partial charge in [0.1, 0.15) is 5.82 Å². The van der Waals surface area contributed by atoms with Crippen molar-refractivity contribution in [3.8, 4) is 0 Å². The first-order valence-corrected chi connectivity index (χ1v) is 5.78. The highest BCUT2D eigenvalue weighted by Gasteiger charge is 2.27. The number of aryl methyl sites for hydroxylation is 2. The Morgan fingerprint density at radius 2 is 2.12 bits per heavy atom. The second-order valence-electron chi connectivity index (χ2n) is 4.88. The minimum absolute atomic E-state index is 0.318. The molecule has 1 aromatic heterocycles. The molecule has 5 nitrogen and oxygen atoms in total. The molecule has 0 amide bonds. The fourth-order valence-electron chi connectivity index (χ4n) is 2.00. The van der Waals surface area contributed by atoms with Crippen molar-refractivity contribution in [2.24, 2.45) is 12.5 Å². The van der Waals surface area contributed by atoms with E-state index in [2.05, 4.69) is 22.3 Å². The summed E-state index contributed by atoms with van der Waals surface area (Å²) >= 11 is 0. The molecule has 0 bridgehead atoms. The Hall–Kier alpha value is -1.10. The summed E-state index contributed by atoms with van der Waals surface area (Å²) in [7, 11) is 1.91. The molecule has 0 spiro atoms. The molecular formula is C11H20N4O. The summed E-state index contributed by atoms with van der Waals surface area (Å²) in [6, 6.07) is 0. The van der Waals surface area contributed by atoms with Crippen molar-refractivity contribution in [3.63, 3.8) is 0 Å². The summed E-state index contributed by atoms with van der Waals surface area (Å²) in [5, 5.41) is 7.59. The zero-order valence-corrected chi connectivity index (χ0v) is 10.3. The fourth-order valence-corrected chi connectivity index (χ4v) is 2.00. The van der Waals surface area contributed by atoms with Crippen LogP contribution in [0.15, 0.2) is 0 Å². The predicted octanol–water partition coefficient (Wildman–Crippen LogP) is 1.35. The molecule has 16 heavy (non-hydrogen) atoms. The lowest BCUT2D eigenvalue weighted by atomic mass is 9.82. The van der Waals surface area contributed by atoms with Crippen molar-refractivity contribution < 1.29 is 4.74 Å². The van der Waals surface area contributed by atoms with E-state index in [9.17, 15) is 0 Å². The van der Waals surface area contributed by atoms with Crippen LogP contribution in [0.5, 0.6) is 0 Å². The van der Waals surface area contributed by atoms with Crippen LogP contribution in [0.1, 0.15) is 25.6 Å². The van der Waals surface area contributed by atoms with E-state index in [1.165, 1.54) is 0 Å². The van der Waals surface area contributed by atoms with E-state index in [0.29, 0.717) is 5.41 Å². The number of aromatic nitrogens is 3. The quantitative estimate of drug-likeness (QED) is 0.842. The smallest absolute Gasteiger partial charge is 0.221 e. The summed E-state index contributed by atoms with van der Waals surface area (Å²) in [5.74, 6) is 1.66. The molecule has 1 aromatic rings. The van der Waals surface area contributed by atoms with Gasteiger partial charge in [0.2, 0.25) is 5.95 Å².